The predicted octanol–water partition coefficient (Wildman–Crippen LogP) is 4.70. The van der Waals surface area contributed by atoms with E-state index in [1.807, 2.05) is 12.1 Å². The van der Waals surface area contributed by atoms with E-state index in [0.29, 0.717) is 25.1 Å². The number of hydrogen-bond acceptors (Lipinski definition) is 5. The lowest BCUT2D eigenvalue weighted by Crippen LogP contribution is -2.45. The van der Waals surface area contributed by atoms with Crippen LogP contribution < -0.4 is 10.1 Å². The number of nitrogens with one attached hydrogen (secondary N) is 1. The zero-order valence-electron chi connectivity index (χ0n) is 17.8. The molecule has 8 nitrogen and oxygen atoms in total. The van der Waals surface area contributed by atoms with Crippen LogP contribution >= 0.6 is 15.9 Å². The molecule has 35 heavy (non-hydrogen) atoms. The number of halogens is 5. The van der Waals surface area contributed by atoms with Crippen molar-refractivity contribution < 1.29 is 36.6 Å². The fraction of sp³-hybridized carbons (Fsp3) is 0.318. The highest BCUT2D eigenvalue weighted by atomic mass is 79.9. The summed E-state index contributed by atoms with van der Waals surface area (Å²) in [6.45, 7) is 0.593. The Morgan fingerprint density at radius 2 is 1.89 bits per heavy atom. The molecule has 1 unspecified atom stereocenters. The van der Waals surface area contributed by atoms with Gasteiger partial charge >= 0.3 is 18.4 Å². The van der Waals surface area contributed by atoms with Crippen molar-refractivity contribution in [1.82, 2.24) is 9.91 Å². The highest BCUT2D eigenvalue weighted by Crippen LogP contribution is 2.46. The van der Waals surface area contributed by atoms with Gasteiger partial charge in [0.15, 0.2) is 0 Å². The van der Waals surface area contributed by atoms with Gasteiger partial charge in [-0.05, 0) is 30.7 Å². The lowest BCUT2D eigenvalue weighted by molar-refractivity contribution is -0.461. The summed E-state index contributed by atoms with van der Waals surface area (Å²) in [7, 11) is 0. The molecule has 3 aliphatic heterocycles. The van der Waals surface area contributed by atoms with Crippen molar-refractivity contribution in [3.05, 3.63) is 58.1 Å². The summed E-state index contributed by atoms with van der Waals surface area (Å²) in [5, 5.41) is 7.98. The number of urea groups is 1. The minimum Gasteiger partial charge on any atom is -0.409 e. The van der Waals surface area contributed by atoms with Gasteiger partial charge in [-0.25, -0.2) is 14.5 Å². The van der Waals surface area contributed by atoms with E-state index in [1.54, 1.807) is 17.0 Å². The van der Waals surface area contributed by atoms with Crippen LogP contribution in [0.3, 0.4) is 0 Å². The second-order valence-corrected chi connectivity index (χ2v) is 9.02. The summed E-state index contributed by atoms with van der Waals surface area (Å²) < 4.78 is 62.9. The van der Waals surface area contributed by atoms with E-state index in [1.165, 1.54) is 0 Å². The average molecular weight is 557 g/mol. The van der Waals surface area contributed by atoms with Gasteiger partial charge in [-0.1, -0.05) is 28.1 Å². The molecule has 0 spiro atoms. The summed E-state index contributed by atoms with van der Waals surface area (Å²) in [6.07, 6.45) is -7.70. The molecule has 0 aliphatic carbocycles. The van der Waals surface area contributed by atoms with Gasteiger partial charge in [0.2, 0.25) is 5.91 Å². The lowest BCUT2D eigenvalue weighted by atomic mass is 10.0. The minimum absolute atomic E-state index is 0.0435. The molecule has 2 aromatic rings. The number of amides is 3. The van der Waals surface area contributed by atoms with Gasteiger partial charge in [-0.3, -0.25) is 4.79 Å². The molecule has 1 saturated heterocycles. The molecule has 0 bridgehead atoms. The highest BCUT2D eigenvalue weighted by molar-refractivity contribution is 9.10. The van der Waals surface area contributed by atoms with Gasteiger partial charge in [-0.2, -0.15) is 13.9 Å². The number of alkyl halides is 4. The molecule has 13 heteroatoms. The number of carbonyl (C=O) groups is 2. The largest absolute Gasteiger partial charge is 0.540 e. The number of fused-ring (bicyclic) bond motifs is 1. The van der Waals surface area contributed by atoms with Gasteiger partial charge in [0.05, 0.1) is 23.9 Å². The molecular formula is C22H17BrF4N4O4. The van der Waals surface area contributed by atoms with E-state index in [0.717, 1.165) is 33.2 Å². The highest BCUT2D eigenvalue weighted by Gasteiger charge is 2.54. The van der Waals surface area contributed by atoms with E-state index in [-0.39, 0.29) is 18.1 Å². The maximum Gasteiger partial charge on any atom is 0.540 e. The molecule has 184 valence electrons. The number of ether oxygens (including phenoxy) is 2. The molecular weight excluding hydrogens is 540 g/mol. The molecule has 3 amide bonds. The number of hydrogen-bond donors (Lipinski definition) is 1. The van der Waals surface area contributed by atoms with Gasteiger partial charge in [0.25, 0.3) is 0 Å². The molecule has 1 N–H and O–H groups in total. The summed E-state index contributed by atoms with van der Waals surface area (Å²) >= 11 is 3.37. The number of hydrazone groups is 1. The Labute approximate surface area is 204 Å². The molecule has 0 aromatic heterocycles. The Bertz CT molecular complexity index is 1220. The smallest absolute Gasteiger partial charge is 0.409 e. The third-order valence-electron chi connectivity index (χ3n) is 5.77. The van der Waals surface area contributed by atoms with E-state index in [9.17, 15) is 27.2 Å². The number of likely N-dealkylation sites (tertiary alicyclic amines) is 1. The topological polar surface area (TPSA) is 83.5 Å². The van der Waals surface area contributed by atoms with Crippen LogP contribution in [0.15, 0.2) is 52.0 Å². The zero-order chi connectivity index (χ0) is 25.0. The number of benzene rings is 2. The third-order valence-corrected chi connectivity index (χ3v) is 6.30. The monoisotopic (exact) mass is 556 g/mol. The van der Waals surface area contributed by atoms with Crippen LogP contribution in [-0.4, -0.2) is 53.0 Å². The second kappa shape index (κ2) is 8.48. The normalized spacial score (nSPS) is 22.5. The molecule has 1 fully saturated rings. The van der Waals surface area contributed by atoms with Crippen molar-refractivity contribution >= 4 is 39.3 Å². The Hall–Kier alpha value is -3.19. The number of rotatable bonds is 3. The Kier molecular flexibility index (Phi) is 5.71. The first-order valence-corrected chi connectivity index (χ1v) is 11.3. The van der Waals surface area contributed by atoms with Crippen molar-refractivity contribution in [3.8, 4) is 5.75 Å². The SMILES string of the molecule is O=C(Nc1ccc2c(c1)OC(F)(F)OC2(F)F)N1CC(N2CCCC2=O)C(c2ccc(Br)cc2)=N1. The Morgan fingerprint density at radius 3 is 2.57 bits per heavy atom. The predicted molar refractivity (Wildman–Crippen MR) is 118 cm³/mol. The second-order valence-electron chi connectivity index (χ2n) is 8.11. The van der Waals surface area contributed by atoms with Crippen molar-refractivity contribution in [2.75, 3.05) is 18.4 Å². The fourth-order valence-corrected chi connectivity index (χ4v) is 4.46. The van der Waals surface area contributed by atoms with E-state index in [2.05, 4.69) is 35.8 Å². The van der Waals surface area contributed by atoms with Crippen molar-refractivity contribution in [2.45, 2.75) is 31.3 Å². The quantitative estimate of drug-likeness (QED) is 0.555. The molecule has 0 saturated carbocycles. The summed E-state index contributed by atoms with van der Waals surface area (Å²) in [6, 6.07) is 8.82. The van der Waals surface area contributed by atoms with Gasteiger partial charge in [-0.15, -0.1) is 8.78 Å². The van der Waals surface area contributed by atoms with E-state index < -0.39 is 35.8 Å². The maximum absolute atomic E-state index is 13.9. The standard InChI is InChI=1S/C22H17BrF4N4O4/c23-13-5-3-12(4-6-13)19-16(30-9-1-2-18(30)32)11-31(29-19)20(33)28-14-7-8-15-17(10-14)34-22(26,27)35-21(15,24)25/h3-8,10,16H,1-2,9,11H2,(H,28,33). The molecule has 3 aliphatic rings. The lowest BCUT2D eigenvalue weighted by Gasteiger charge is -2.30. The first kappa shape index (κ1) is 23.5. The maximum atomic E-state index is 13.9. The van der Waals surface area contributed by atoms with Crippen LogP contribution in [-0.2, 0) is 15.6 Å². The average Bonchev–Trinajstić information content (AvgIpc) is 3.38. The summed E-state index contributed by atoms with van der Waals surface area (Å²) in [4.78, 5) is 27.0. The number of anilines is 1. The summed E-state index contributed by atoms with van der Waals surface area (Å²) in [5.74, 6) is -0.872. The van der Waals surface area contributed by atoms with Gasteiger partial charge < -0.3 is 15.0 Å². The van der Waals surface area contributed by atoms with Crippen LogP contribution in [0.5, 0.6) is 5.75 Å². The molecule has 1 atom stereocenters. The summed E-state index contributed by atoms with van der Waals surface area (Å²) in [5.41, 5.74) is 0.280. The molecule has 0 radical (unpaired) electrons. The molecule has 3 heterocycles. The first-order chi connectivity index (χ1) is 16.5. The van der Waals surface area contributed by atoms with E-state index in [4.69, 9.17) is 0 Å². The van der Waals surface area contributed by atoms with Crippen LogP contribution in [0, 0.1) is 0 Å². The third kappa shape index (κ3) is 4.57. The molecule has 5 rings (SSSR count). The zero-order valence-corrected chi connectivity index (χ0v) is 19.4. The molecule has 2 aromatic carbocycles. The minimum atomic E-state index is -4.53. The van der Waals surface area contributed by atoms with Crippen LogP contribution in [0.2, 0.25) is 0 Å². The van der Waals surface area contributed by atoms with Crippen molar-refractivity contribution in [1.29, 1.82) is 0 Å². The van der Waals surface area contributed by atoms with Crippen LogP contribution in [0.25, 0.3) is 0 Å². The number of carbonyl (C=O) groups excluding carboxylic acids is 2. The van der Waals surface area contributed by atoms with Crippen molar-refractivity contribution in [3.63, 3.8) is 0 Å². The van der Waals surface area contributed by atoms with Crippen LogP contribution in [0.4, 0.5) is 28.0 Å². The van der Waals surface area contributed by atoms with Gasteiger partial charge in [0.1, 0.15) is 5.75 Å². The van der Waals surface area contributed by atoms with E-state index >= 15 is 0 Å². The Balaban J connectivity index is 1.39. The van der Waals surface area contributed by atoms with Crippen LogP contribution in [0.1, 0.15) is 24.0 Å². The van der Waals surface area contributed by atoms with Crippen molar-refractivity contribution in [2.24, 2.45) is 5.10 Å². The first-order valence-electron chi connectivity index (χ1n) is 10.5. The number of nitrogens with zero attached hydrogens (tertiary/aromatic N) is 3. The Morgan fingerprint density at radius 1 is 1.14 bits per heavy atom. The fourth-order valence-electron chi connectivity index (χ4n) is 4.20. The van der Waals surface area contributed by atoms with Gasteiger partial charge in [0, 0.05) is 34.8 Å².